The van der Waals surface area contributed by atoms with Crippen LogP contribution in [-0.4, -0.2) is 18.6 Å². The van der Waals surface area contributed by atoms with Crippen molar-refractivity contribution in [2.75, 3.05) is 7.11 Å². The number of hydrogen-bond donors (Lipinski definition) is 0. The van der Waals surface area contributed by atoms with E-state index < -0.39 is 0 Å². The van der Waals surface area contributed by atoms with Crippen LogP contribution in [0.4, 0.5) is 0 Å². The van der Waals surface area contributed by atoms with Gasteiger partial charge in [0.15, 0.2) is 0 Å². The van der Waals surface area contributed by atoms with E-state index in [0.29, 0.717) is 35.2 Å². The lowest BCUT2D eigenvalue weighted by Gasteiger charge is -2.07. The first-order valence-corrected chi connectivity index (χ1v) is 7.43. The molecule has 1 fully saturated rings. The van der Waals surface area contributed by atoms with E-state index >= 15 is 0 Å². The standard InChI is InChI=1S/C15H17Cl2NO2/c1-20-18-15(7-5-12(19)8-10-2-3-10)11-4-6-13(16)14(17)9-11/h4,6,9-10H,2-3,5,7-8H2,1H3/b18-15+. The maximum Gasteiger partial charge on any atom is 0.133 e. The van der Waals surface area contributed by atoms with Gasteiger partial charge in [-0.1, -0.05) is 34.4 Å². The van der Waals surface area contributed by atoms with Gasteiger partial charge in [0.05, 0.1) is 15.8 Å². The maximum atomic E-state index is 11.8. The SMILES string of the molecule is CO/N=C(\CCC(=O)CC1CC1)c1ccc(Cl)c(Cl)c1. The Bertz CT molecular complexity index is 525. The molecule has 1 aromatic carbocycles. The summed E-state index contributed by atoms with van der Waals surface area (Å²) in [6.45, 7) is 0. The third kappa shape index (κ3) is 4.50. The molecule has 0 radical (unpaired) electrons. The Balaban J connectivity index is 2.00. The van der Waals surface area contributed by atoms with Crippen molar-refractivity contribution < 1.29 is 9.63 Å². The molecule has 20 heavy (non-hydrogen) atoms. The van der Waals surface area contributed by atoms with Crippen LogP contribution in [0.3, 0.4) is 0 Å². The molecule has 5 heteroatoms. The highest BCUT2D eigenvalue weighted by atomic mass is 35.5. The number of hydrogen-bond acceptors (Lipinski definition) is 3. The first kappa shape index (κ1) is 15.3. The van der Waals surface area contributed by atoms with E-state index in [2.05, 4.69) is 5.16 Å². The molecule has 0 atom stereocenters. The minimum absolute atomic E-state index is 0.288. The molecule has 0 amide bonds. The summed E-state index contributed by atoms with van der Waals surface area (Å²) in [5.74, 6) is 0.909. The van der Waals surface area contributed by atoms with E-state index in [0.717, 1.165) is 11.3 Å². The molecule has 0 N–H and O–H groups in total. The summed E-state index contributed by atoms with van der Waals surface area (Å²) in [4.78, 5) is 16.7. The summed E-state index contributed by atoms with van der Waals surface area (Å²) < 4.78 is 0. The zero-order valence-electron chi connectivity index (χ0n) is 11.4. The monoisotopic (exact) mass is 313 g/mol. The normalized spacial score (nSPS) is 15.2. The van der Waals surface area contributed by atoms with Gasteiger partial charge in [0.1, 0.15) is 12.9 Å². The van der Waals surface area contributed by atoms with E-state index in [-0.39, 0.29) is 5.78 Å². The van der Waals surface area contributed by atoms with Gasteiger partial charge in [-0.25, -0.2) is 0 Å². The fraction of sp³-hybridized carbons (Fsp3) is 0.467. The molecule has 108 valence electrons. The number of Topliss-reactive ketones (excluding diaryl/α,β-unsaturated/α-hetero) is 1. The van der Waals surface area contributed by atoms with Gasteiger partial charge in [-0.15, -0.1) is 0 Å². The van der Waals surface area contributed by atoms with E-state index in [1.807, 2.05) is 6.07 Å². The molecule has 1 aliphatic rings. The van der Waals surface area contributed by atoms with Gasteiger partial charge in [-0.05, 0) is 30.9 Å². The highest BCUT2D eigenvalue weighted by molar-refractivity contribution is 6.42. The Morgan fingerprint density at radius 2 is 2.05 bits per heavy atom. The number of oxime groups is 1. The fourth-order valence-corrected chi connectivity index (χ4v) is 2.33. The Kier molecular flexibility index (Phi) is 5.44. The van der Waals surface area contributed by atoms with Crippen molar-refractivity contribution in [1.82, 2.24) is 0 Å². The molecule has 0 unspecified atom stereocenters. The van der Waals surface area contributed by atoms with Crippen molar-refractivity contribution in [3.63, 3.8) is 0 Å². The summed E-state index contributed by atoms with van der Waals surface area (Å²) in [5, 5.41) is 4.96. The summed E-state index contributed by atoms with van der Waals surface area (Å²) >= 11 is 11.9. The third-order valence-electron chi connectivity index (χ3n) is 3.31. The lowest BCUT2D eigenvalue weighted by Crippen LogP contribution is -2.07. The Morgan fingerprint density at radius 3 is 2.65 bits per heavy atom. The molecule has 0 bridgehead atoms. The van der Waals surface area contributed by atoms with Crippen LogP contribution in [0.2, 0.25) is 10.0 Å². The second-order valence-corrected chi connectivity index (χ2v) is 5.85. The van der Waals surface area contributed by atoms with Crippen LogP contribution >= 0.6 is 23.2 Å². The van der Waals surface area contributed by atoms with Crippen molar-refractivity contribution in [1.29, 1.82) is 0 Å². The van der Waals surface area contributed by atoms with Gasteiger partial charge in [0, 0.05) is 24.8 Å². The number of nitrogens with zero attached hydrogens (tertiary/aromatic N) is 1. The Hall–Kier alpha value is -1.06. The summed E-state index contributed by atoms with van der Waals surface area (Å²) in [7, 11) is 1.49. The molecule has 0 aliphatic heterocycles. The molecule has 0 spiro atoms. The topological polar surface area (TPSA) is 38.7 Å². The van der Waals surface area contributed by atoms with E-state index in [4.69, 9.17) is 28.0 Å². The van der Waals surface area contributed by atoms with Gasteiger partial charge in [-0.3, -0.25) is 4.79 Å². The average Bonchev–Trinajstić information content (AvgIpc) is 3.22. The van der Waals surface area contributed by atoms with Crippen molar-refractivity contribution in [3.05, 3.63) is 33.8 Å². The highest BCUT2D eigenvalue weighted by Gasteiger charge is 2.24. The van der Waals surface area contributed by atoms with Crippen molar-refractivity contribution in [2.24, 2.45) is 11.1 Å². The predicted molar refractivity (Wildman–Crippen MR) is 81.6 cm³/mol. The van der Waals surface area contributed by atoms with Crippen molar-refractivity contribution in [2.45, 2.75) is 32.1 Å². The molecule has 1 saturated carbocycles. The highest BCUT2D eigenvalue weighted by Crippen LogP contribution is 2.33. The van der Waals surface area contributed by atoms with Crippen LogP contribution in [0.1, 0.15) is 37.7 Å². The number of ketones is 1. The van der Waals surface area contributed by atoms with Crippen LogP contribution in [0, 0.1) is 5.92 Å². The summed E-state index contributed by atoms with van der Waals surface area (Å²) in [6, 6.07) is 5.29. The molecule has 0 heterocycles. The number of benzene rings is 1. The fourth-order valence-electron chi connectivity index (χ4n) is 2.03. The van der Waals surface area contributed by atoms with E-state index in [1.165, 1.54) is 20.0 Å². The van der Waals surface area contributed by atoms with Gasteiger partial charge in [0.25, 0.3) is 0 Å². The molecule has 2 rings (SSSR count). The lowest BCUT2D eigenvalue weighted by atomic mass is 10.0. The first-order chi connectivity index (χ1) is 9.60. The molecule has 1 aromatic rings. The number of carbonyl (C=O) groups is 1. The minimum Gasteiger partial charge on any atom is -0.399 e. The zero-order valence-corrected chi connectivity index (χ0v) is 12.9. The van der Waals surface area contributed by atoms with Gasteiger partial charge in [-0.2, -0.15) is 0 Å². The number of rotatable bonds is 7. The Labute approximate surface area is 128 Å². The molecule has 0 aromatic heterocycles. The molecule has 3 nitrogen and oxygen atoms in total. The van der Waals surface area contributed by atoms with Crippen LogP contribution in [0.25, 0.3) is 0 Å². The minimum atomic E-state index is 0.288. The van der Waals surface area contributed by atoms with Crippen LogP contribution in [-0.2, 0) is 9.63 Å². The van der Waals surface area contributed by atoms with E-state index in [1.54, 1.807) is 12.1 Å². The van der Waals surface area contributed by atoms with Gasteiger partial charge >= 0.3 is 0 Å². The smallest absolute Gasteiger partial charge is 0.133 e. The third-order valence-corrected chi connectivity index (χ3v) is 4.05. The van der Waals surface area contributed by atoms with Gasteiger partial charge < -0.3 is 4.84 Å². The van der Waals surface area contributed by atoms with Crippen LogP contribution < -0.4 is 0 Å². The van der Waals surface area contributed by atoms with Crippen molar-refractivity contribution >= 4 is 34.7 Å². The second-order valence-electron chi connectivity index (χ2n) is 5.04. The lowest BCUT2D eigenvalue weighted by molar-refractivity contribution is -0.119. The van der Waals surface area contributed by atoms with Crippen LogP contribution in [0.15, 0.2) is 23.4 Å². The molecular weight excluding hydrogens is 297 g/mol. The van der Waals surface area contributed by atoms with Gasteiger partial charge in [0.2, 0.25) is 0 Å². The molecular formula is C15H17Cl2NO2. The largest absolute Gasteiger partial charge is 0.399 e. The summed E-state index contributed by atoms with van der Waals surface area (Å²) in [6.07, 6.45) is 4.12. The predicted octanol–water partition coefficient (Wildman–Crippen LogP) is 4.49. The van der Waals surface area contributed by atoms with Crippen molar-refractivity contribution in [3.8, 4) is 0 Å². The maximum absolute atomic E-state index is 11.8. The number of carbonyl (C=O) groups excluding carboxylic acids is 1. The quantitative estimate of drug-likeness (QED) is 0.549. The Morgan fingerprint density at radius 1 is 1.30 bits per heavy atom. The molecule has 0 saturated heterocycles. The van der Waals surface area contributed by atoms with E-state index in [9.17, 15) is 4.79 Å². The zero-order chi connectivity index (χ0) is 14.5. The first-order valence-electron chi connectivity index (χ1n) is 6.67. The van der Waals surface area contributed by atoms with Crippen LogP contribution in [0.5, 0.6) is 0 Å². The number of halogens is 2. The summed E-state index contributed by atoms with van der Waals surface area (Å²) in [5.41, 5.74) is 1.55. The average molecular weight is 314 g/mol. The second kappa shape index (κ2) is 7.09. The molecule has 1 aliphatic carbocycles.